The average molecular weight is 350 g/mol. The number of amides is 1. The van der Waals surface area contributed by atoms with E-state index < -0.39 is 0 Å². The van der Waals surface area contributed by atoms with Crippen molar-refractivity contribution < 1.29 is 4.79 Å². The predicted octanol–water partition coefficient (Wildman–Crippen LogP) is 2.81. The molecule has 0 fully saturated rings. The summed E-state index contributed by atoms with van der Waals surface area (Å²) in [7, 11) is 1.68. The Labute approximate surface area is 146 Å². The van der Waals surface area contributed by atoms with Crippen molar-refractivity contribution in [3.63, 3.8) is 0 Å². The SMILES string of the molecule is CN(Cc1nc2ccsc2c(=O)[nH]1)C(=O)c1cccc2cccnc12. The van der Waals surface area contributed by atoms with Gasteiger partial charge in [-0.1, -0.05) is 18.2 Å². The topological polar surface area (TPSA) is 79.0 Å². The van der Waals surface area contributed by atoms with E-state index in [0.717, 1.165) is 5.39 Å². The molecule has 0 aliphatic rings. The standard InChI is InChI=1S/C18H14N4O2S/c1-22(10-14-20-13-7-9-25-16(13)17(23)21-14)18(24)12-6-2-4-11-5-3-8-19-15(11)12/h2-9H,10H2,1H3,(H,20,21,23). The molecule has 0 bridgehead atoms. The Morgan fingerprint density at radius 2 is 2.08 bits per heavy atom. The van der Waals surface area contributed by atoms with E-state index in [0.29, 0.717) is 27.1 Å². The molecule has 4 aromatic rings. The number of H-pyrrole nitrogens is 1. The van der Waals surface area contributed by atoms with E-state index in [1.54, 1.807) is 25.4 Å². The zero-order valence-electron chi connectivity index (χ0n) is 13.4. The molecular weight excluding hydrogens is 336 g/mol. The summed E-state index contributed by atoms with van der Waals surface area (Å²) in [6.07, 6.45) is 1.67. The molecule has 6 nitrogen and oxygen atoms in total. The van der Waals surface area contributed by atoms with Gasteiger partial charge in [-0.25, -0.2) is 4.98 Å². The number of benzene rings is 1. The van der Waals surface area contributed by atoms with Gasteiger partial charge in [-0.05, 0) is 23.6 Å². The molecule has 0 unspecified atom stereocenters. The highest BCUT2D eigenvalue weighted by Crippen LogP contribution is 2.18. The van der Waals surface area contributed by atoms with Crippen LogP contribution in [0.1, 0.15) is 16.2 Å². The van der Waals surface area contributed by atoms with Crippen molar-refractivity contribution in [3.8, 4) is 0 Å². The Kier molecular flexibility index (Phi) is 3.77. The Morgan fingerprint density at radius 3 is 2.96 bits per heavy atom. The van der Waals surface area contributed by atoms with Crippen molar-refractivity contribution in [3.05, 3.63) is 69.7 Å². The van der Waals surface area contributed by atoms with Crippen molar-refractivity contribution in [1.29, 1.82) is 0 Å². The number of nitrogens with zero attached hydrogens (tertiary/aromatic N) is 3. The Bertz CT molecular complexity index is 1140. The van der Waals surface area contributed by atoms with Crippen molar-refractivity contribution in [2.45, 2.75) is 6.54 Å². The van der Waals surface area contributed by atoms with Gasteiger partial charge in [0.15, 0.2) is 0 Å². The third-order valence-corrected chi connectivity index (χ3v) is 4.86. The summed E-state index contributed by atoms with van der Waals surface area (Å²) in [5.74, 6) is 0.289. The maximum atomic E-state index is 12.8. The molecule has 3 heterocycles. The molecule has 0 spiro atoms. The first-order valence-electron chi connectivity index (χ1n) is 7.69. The molecule has 1 N–H and O–H groups in total. The summed E-state index contributed by atoms with van der Waals surface area (Å²) in [4.78, 5) is 37.9. The number of nitrogens with one attached hydrogen (secondary N) is 1. The van der Waals surface area contributed by atoms with Crippen LogP contribution in [0.2, 0.25) is 0 Å². The molecule has 1 aromatic carbocycles. The number of hydrogen-bond acceptors (Lipinski definition) is 5. The van der Waals surface area contributed by atoms with Gasteiger partial charge in [-0.3, -0.25) is 14.6 Å². The van der Waals surface area contributed by atoms with Crippen LogP contribution in [0.4, 0.5) is 0 Å². The van der Waals surface area contributed by atoms with Gasteiger partial charge in [0.25, 0.3) is 11.5 Å². The van der Waals surface area contributed by atoms with E-state index in [1.165, 1.54) is 16.2 Å². The van der Waals surface area contributed by atoms with Crippen molar-refractivity contribution in [1.82, 2.24) is 19.9 Å². The summed E-state index contributed by atoms with van der Waals surface area (Å²) in [5, 5.41) is 2.74. The van der Waals surface area contributed by atoms with E-state index >= 15 is 0 Å². The number of pyridine rings is 1. The normalized spacial score (nSPS) is 11.1. The van der Waals surface area contributed by atoms with Crippen LogP contribution in [0, 0.1) is 0 Å². The number of aromatic nitrogens is 3. The fraction of sp³-hybridized carbons (Fsp3) is 0.111. The second-order valence-electron chi connectivity index (χ2n) is 5.69. The summed E-state index contributed by atoms with van der Waals surface area (Å²) >= 11 is 1.35. The minimum Gasteiger partial charge on any atom is -0.334 e. The van der Waals surface area contributed by atoms with Crippen molar-refractivity contribution in [2.75, 3.05) is 7.05 Å². The monoisotopic (exact) mass is 350 g/mol. The van der Waals surface area contributed by atoms with E-state index in [4.69, 9.17) is 0 Å². The van der Waals surface area contributed by atoms with Crippen LogP contribution in [0.25, 0.3) is 21.1 Å². The van der Waals surface area contributed by atoms with Crippen molar-refractivity contribution >= 4 is 38.4 Å². The summed E-state index contributed by atoms with van der Waals surface area (Å²) in [6, 6.07) is 11.1. The maximum absolute atomic E-state index is 12.8. The van der Waals surface area contributed by atoms with Gasteiger partial charge in [0.2, 0.25) is 0 Å². The number of thiophene rings is 1. The number of aromatic amines is 1. The van der Waals surface area contributed by atoms with Crippen LogP contribution in [0.15, 0.2) is 52.8 Å². The highest BCUT2D eigenvalue weighted by Gasteiger charge is 2.17. The lowest BCUT2D eigenvalue weighted by molar-refractivity contribution is 0.0783. The van der Waals surface area contributed by atoms with Crippen LogP contribution in [-0.4, -0.2) is 32.8 Å². The quantitative estimate of drug-likeness (QED) is 0.616. The highest BCUT2D eigenvalue weighted by molar-refractivity contribution is 7.17. The Morgan fingerprint density at radius 1 is 1.24 bits per heavy atom. The second-order valence-corrected chi connectivity index (χ2v) is 6.61. The lowest BCUT2D eigenvalue weighted by Gasteiger charge is -2.17. The van der Waals surface area contributed by atoms with Gasteiger partial charge >= 0.3 is 0 Å². The highest BCUT2D eigenvalue weighted by atomic mass is 32.1. The second kappa shape index (κ2) is 6.10. The molecule has 0 aliphatic heterocycles. The zero-order valence-corrected chi connectivity index (χ0v) is 14.2. The molecule has 0 atom stereocenters. The van der Waals surface area contributed by atoms with Crippen LogP contribution < -0.4 is 5.56 Å². The van der Waals surface area contributed by atoms with Crippen LogP contribution in [-0.2, 0) is 6.54 Å². The number of para-hydroxylation sites is 1. The smallest absolute Gasteiger partial charge is 0.268 e. The number of fused-ring (bicyclic) bond motifs is 2. The number of carbonyl (C=O) groups is 1. The van der Waals surface area contributed by atoms with Gasteiger partial charge in [0, 0.05) is 18.6 Å². The number of carbonyl (C=O) groups excluding carboxylic acids is 1. The minimum atomic E-state index is -0.178. The average Bonchev–Trinajstić information content (AvgIpc) is 3.09. The van der Waals surface area contributed by atoms with Crippen molar-refractivity contribution in [2.24, 2.45) is 0 Å². The summed E-state index contributed by atoms with van der Waals surface area (Å²) in [6.45, 7) is 0.211. The summed E-state index contributed by atoms with van der Waals surface area (Å²) in [5.41, 5.74) is 1.66. The van der Waals surface area contributed by atoms with E-state index in [1.807, 2.05) is 29.6 Å². The lowest BCUT2D eigenvalue weighted by Crippen LogP contribution is -2.28. The number of hydrogen-bond donors (Lipinski definition) is 1. The molecule has 0 saturated carbocycles. The van der Waals surface area contributed by atoms with Crippen LogP contribution >= 0.6 is 11.3 Å². The first-order chi connectivity index (χ1) is 12.1. The molecule has 0 radical (unpaired) electrons. The van der Waals surface area contributed by atoms with Gasteiger partial charge in [-0.15, -0.1) is 11.3 Å². The van der Waals surface area contributed by atoms with E-state index in [2.05, 4.69) is 15.0 Å². The van der Waals surface area contributed by atoms with Gasteiger partial charge < -0.3 is 9.88 Å². The van der Waals surface area contributed by atoms with E-state index in [9.17, 15) is 9.59 Å². The van der Waals surface area contributed by atoms with Gasteiger partial charge in [0.1, 0.15) is 10.5 Å². The number of rotatable bonds is 3. The molecule has 124 valence electrons. The van der Waals surface area contributed by atoms with Crippen LogP contribution in [0.5, 0.6) is 0 Å². The molecular formula is C18H14N4O2S. The first-order valence-corrected chi connectivity index (χ1v) is 8.57. The fourth-order valence-electron chi connectivity index (χ4n) is 2.78. The molecule has 1 amide bonds. The molecule has 3 aromatic heterocycles. The zero-order chi connectivity index (χ0) is 17.4. The fourth-order valence-corrected chi connectivity index (χ4v) is 3.50. The summed E-state index contributed by atoms with van der Waals surface area (Å²) < 4.78 is 0.594. The lowest BCUT2D eigenvalue weighted by atomic mass is 10.1. The van der Waals surface area contributed by atoms with E-state index in [-0.39, 0.29) is 18.0 Å². The Balaban J connectivity index is 1.66. The predicted molar refractivity (Wildman–Crippen MR) is 97.8 cm³/mol. The first kappa shape index (κ1) is 15.5. The van der Waals surface area contributed by atoms with Gasteiger partial charge in [-0.2, -0.15) is 0 Å². The molecule has 7 heteroatoms. The Hall–Kier alpha value is -3.06. The third-order valence-electron chi connectivity index (χ3n) is 3.96. The molecule has 25 heavy (non-hydrogen) atoms. The van der Waals surface area contributed by atoms with Crippen LogP contribution in [0.3, 0.4) is 0 Å². The largest absolute Gasteiger partial charge is 0.334 e. The maximum Gasteiger partial charge on any atom is 0.268 e. The third kappa shape index (κ3) is 2.78. The molecule has 0 saturated heterocycles. The van der Waals surface area contributed by atoms with Gasteiger partial charge in [0.05, 0.1) is 23.1 Å². The molecule has 4 rings (SSSR count). The minimum absolute atomic E-state index is 0.169. The molecule has 0 aliphatic carbocycles.